The minimum atomic E-state index is -0.198. The van der Waals surface area contributed by atoms with Crippen LogP contribution >= 0.6 is 11.5 Å². The number of aromatic nitrogens is 2. The Labute approximate surface area is 104 Å². The van der Waals surface area contributed by atoms with Gasteiger partial charge in [-0.2, -0.15) is 0 Å². The van der Waals surface area contributed by atoms with Gasteiger partial charge in [0.15, 0.2) is 0 Å². The van der Waals surface area contributed by atoms with E-state index >= 15 is 0 Å². The summed E-state index contributed by atoms with van der Waals surface area (Å²) in [6.07, 6.45) is 2.54. The average Bonchev–Trinajstić information content (AvgIpc) is 2.67. The lowest BCUT2D eigenvalue weighted by Gasteiger charge is -2.30. The zero-order valence-electron chi connectivity index (χ0n) is 9.63. The van der Waals surface area contributed by atoms with Crippen LogP contribution < -0.4 is 11.5 Å². The lowest BCUT2D eigenvalue weighted by Crippen LogP contribution is -2.34. The second kappa shape index (κ2) is 5.42. The Morgan fingerprint density at radius 3 is 2.71 bits per heavy atom. The van der Waals surface area contributed by atoms with Crippen LogP contribution in [0.2, 0.25) is 0 Å². The first-order chi connectivity index (χ1) is 8.15. The van der Waals surface area contributed by atoms with Crippen molar-refractivity contribution < 1.29 is 4.79 Å². The van der Waals surface area contributed by atoms with Crippen molar-refractivity contribution in [3.8, 4) is 0 Å². The molecule has 1 amide bonds. The van der Waals surface area contributed by atoms with Crippen LogP contribution in [0.4, 0.5) is 5.00 Å². The van der Waals surface area contributed by atoms with Gasteiger partial charge in [-0.3, -0.25) is 9.69 Å². The van der Waals surface area contributed by atoms with Crippen LogP contribution in [0.1, 0.15) is 25.0 Å². The number of carbonyl (C=O) groups is 1. The lowest BCUT2D eigenvalue weighted by atomic mass is 9.93. The molecule has 94 valence electrons. The monoisotopic (exact) mass is 255 g/mol. The first-order valence-electron chi connectivity index (χ1n) is 5.72. The molecular formula is C10H17N5OS. The van der Waals surface area contributed by atoms with Gasteiger partial charge < -0.3 is 11.5 Å². The molecule has 1 aromatic rings. The molecule has 1 fully saturated rings. The van der Waals surface area contributed by atoms with Gasteiger partial charge in [0, 0.05) is 24.5 Å². The number of hydrogen-bond donors (Lipinski definition) is 2. The van der Waals surface area contributed by atoms with Gasteiger partial charge in [0.1, 0.15) is 10.7 Å². The van der Waals surface area contributed by atoms with Gasteiger partial charge in [-0.05, 0) is 31.8 Å². The highest BCUT2D eigenvalue weighted by Gasteiger charge is 2.21. The highest BCUT2D eigenvalue weighted by Crippen LogP contribution is 2.22. The Morgan fingerprint density at radius 2 is 2.18 bits per heavy atom. The van der Waals surface area contributed by atoms with Crippen LogP contribution in [0.5, 0.6) is 0 Å². The number of nitrogens with two attached hydrogens (primary N) is 2. The van der Waals surface area contributed by atoms with E-state index in [1.165, 1.54) is 11.5 Å². The number of anilines is 1. The Bertz CT molecular complexity index is 386. The number of nitrogen functional groups attached to an aromatic ring is 1. The Hall–Kier alpha value is -1.21. The number of hydrogen-bond acceptors (Lipinski definition) is 6. The zero-order chi connectivity index (χ0) is 12.3. The van der Waals surface area contributed by atoms with Crippen molar-refractivity contribution in [3.63, 3.8) is 0 Å². The maximum Gasteiger partial charge on any atom is 0.217 e. The van der Waals surface area contributed by atoms with Crippen LogP contribution in [0.15, 0.2) is 0 Å². The molecule has 0 atom stereocenters. The van der Waals surface area contributed by atoms with Gasteiger partial charge in [0.2, 0.25) is 5.91 Å². The summed E-state index contributed by atoms with van der Waals surface area (Å²) in [7, 11) is 0. The van der Waals surface area contributed by atoms with E-state index in [1.54, 1.807) is 0 Å². The van der Waals surface area contributed by atoms with E-state index in [-0.39, 0.29) is 5.91 Å². The fourth-order valence-electron chi connectivity index (χ4n) is 2.17. The highest BCUT2D eigenvalue weighted by molar-refractivity contribution is 7.09. The van der Waals surface area contributed by atoms with Crippen molar-refractivity contribution >= 4 is 22.4 Å². The molecule has 1 aromatic heterocycles. The van der Waals surface area contributed by atoms with Gasteiger partial charge in [-0.1, -0.05) is 4.49 Å². The zero-order valence-corrected chi connectivity index (χ0v) is 10.4. The van der Waals surface area contributed by atoms with E-state index in [1.807, 2.05) is 0 Å². The van der Waals surface area contributed by atoms with Gasteiger partial charge >= 0.3 is 0 Å². The summed E-state index contributed by atoms with van der Waals surface area (Å²) in [5.41, 5.74) is 11.8. The van der Waals surface area contributed by atoms with Crippen molar-refractivity contribution in [3.05, 3.63) is 5.69 Å². The summed E-state index contributed by atoms with van der Waals surface area (Å²) in [5, 5.41) is 4.70. The van der Waals surface area contributed by atoms with Crippen LogP contribution in [-0.4, -0.2) is 33.5 Å². The smallest absolute Gasteiger partial charge is 0.217 e. The normalized spacial score (nSPS) is 18.4. The largest absolute Gasteiger partial charge is 0.388 e. The Morgan fingerprint density at radius 1 is 1.47 bits per heavy atom. The number of likely N-dealkylation sites (tertiary alicyclic amines) is 1. The minimum Gasteiger partial charge on any atom is -0.388 e. The number of piperidine rings is 1. The molecular weight excluding hydrogens is 238 g/mol. The van der Waals surface area contributed by atoms with Gasteiger partial charge in [-0.15, -0.1) is 5.10 Å². The summed E-state index contributed by atoms with van der Waals surface area (Å²) in [6.45, 7) is 2.69. The van der Waals surface area contributed by atoms with Crippen LogP contribution in [0.25, 0.3) is 0 Å². The highest BCUT2D eigenvalue weighted by atomic mass is 32.1. The van der Waals surface area contributed by atoms with Crippen molar-refractivity contribution in [2.75, 3.05) is 18.8 Å². The molecule has 1 aliphatic rings. The Balaban J connectivity index is 1.79. The number of rotatable bonds is 4. The topological polar surface area (TPSA) is 98.1 Å². The quantitative estimate of drug-likeness (QED) is 0.801. The summed E-state index contributed by atoms with van der Waals surface area (Å²) >= 11 is 1.23. The van der Waals surface area contributed by atoms with Crippen molar-refractivity contribution in [1.82, 2.24) is 14.5 Å². The standard InChI is InChI=1S/C10H17N5OS/c11-9(16)5-7-1-3-15(4-2-7)6-8-10(12)17-14-13-8/h7H,1-6,12H2,(H2,11,16). The number of carbonyl (C=O) groups excluding carboxylic acids is 1. The summed E-state index contributed by atoms with van der Waals surface area (Å²) in [5.74, 6) is 0.242. The second-order valence-corrected chi connectivity index (χ2v) is 5.26. The molecule has 17 heavy (non-hydrogen) atoms. The first-order valence-corrected chi connectivity index (χ1v) is 6.50. The maximum atomic E-state index is 10.8. The van der Waals surface area contributed by atoms with Gasteiger partial charge in [0.05, 0.1) is 0 Å². The van der Waals surface area contributed by atoms with Crippen molar-refractivity contribution in [1.29, 1.82) is 0 Å². The molecule has 1 aliphatic heterocycles. The average molecular weight is 255 g/mol. The predicted molar refractivity (Wildman–Crippen MR) is 66.1 cm³/mol. The van der Waals surface area contributed by atoms with E-state index in [0.717, 1.165) is 38.2 Å². The maximum absolute atomic E-state index is 10.8. The molecule has 1 saturated heterocycles. The summed E-state index contributed by atoms with van der Waals surface area (Å²) in [4.78, 5) is 13.1. The molecule has 0 radical (unpaired) electrons. The molecule has 0 spiro atoms. The molecule has 0 saturated carbocycles. The Kier molecular flexibility index (Phi) is 3.90. The van der Waals surface area contributed by atoms with E-state index in [2.05, 4.69) is 14.5 Å². The fourth-order valence-corrected chi connectivity index (χ4v) is 2.61. The van der Waals surface area contributed by atoms with E-state index in [4.69, 9.17) is 11.5 Å². The molecule has 4 N–H and O–H groups in total. The van der Waals surface area contributed by atoms with E-state index < -0.39 is 0 Å². The molecule has 6 nitrogen and oxygen atoms in total. The predicted octanol–water partition coefficient (Wildman–Crippen LogP) is 0.208. The molecule has 2 heterocycles. The lowest BCUT2D eigenvalue weighted by molar-refractivity contribution is -0.119. The van der Waals surface area contributed by atoms with Gasteiger partial charge in [0.25, 0.3) is 0 Å². The molecule has 0 aromatic carbocycles. The molecule has 2 rings (SSSR count). The van der Waals surface area contributed by atoms with E-state index in [9.17, 15) is 4.79 Å². The SMILES string of the molecule is NC(=O)CC1CCN(Cc2nnsc2N)CC1. The van der Waals surface area contributed by atoms with Crippen LogP contribution in [-0.2, 0) is 11.3 Å². The van der Waals surface area contributed by atoms with E-state index in [0.29, 0.717) is 17.3 Å². The number of primary amides is 1. The van der Waals surface area contributed by atoms with Crippen LogP contribution in [0.3, 0.4) is 0 Å². The third-order valence-electron chi connectivity index (χ3n) is 3.16. The molecule has 0 unspecified atom stereocenters. The van der Waals surface area contributed by atoms with Crippen molar-refractivity contribution in [2.45, 2.75) is 25.8 Å². The number of amides is 1. The van der Waals surface area contributed by atoms with Gasteiger partial charge in [-0.25, -0.2) is 0 Å². The first kappa shape index (κ1) is 12.3. The third-order valence-corrected chi connectivity index (χ3v) is 3.75. The third kappa shape index (κ3) is 3.37. The fraction of sp³-hybridized carbons (Fsp3) is 0.700. The second-order valence-electron chi connectivity index (χ2n) is 4.47. The molecule has 0 bridgehead atoms. The number of nitrogens with zero attached hydrogens (tertiary/aromatic N) is 3. The summed E-state index contributed by atoms with van der Waals surface area (Å²) in [6, 6.07) is 0. The molecule has 7 heteroatoms. The van der Waals surface area contributed by atoms with Crippen LogP contribution in [0, 0.1) is 5.92 Å². The minimum absolute atomic E-state index is 0.198. The summed E-state index contributed by atoms with van der Waals surface area (Å²) < 4.78 is 3.82. The molecule has 0 aliphatic carbocycles. The van der Waals surface area contributed by atoms with Crippen molar-refractivity contribution in [2.24, 2.45) is 11.7 Å².